The van der Waals surface area contributed by atoms with Crippen molar-refractivity contribution in [1.29, 1.82) is 0 Å². The maximum atomic E-state index is 13.1. The number of carbonyl (C=O) groups is 2. The van der Waals surface area contributed by atoms with E-state index in [1.807, 2.05) is 36.1 Å². The van der Waals surface area contributed by atoms with Crippen molar-refractivity contribution >= 4 is 17.5 Å². The summed E-state index contributed by atoms with van der Waals surface area (Å²) >= 11 is 0. The topological polar surface area (TPSA) is 53.1 Å². The second-order valence-corrected chi connectivity index (χ2v) is 8.17. The third-order valence-electron chi connectivity index (χ3n) is 6.03. The Morgan fingerprint density at radius 1 is 1.07 bits per heavy atom. The standard InChI is InChI=1S/C24H29N3O3/c1-18-8-9-22(30-2)21(14-18)27-17-20(15-23(27)28)24(29)26-12-10-25(11-13-26)16-19-6-4-3-5-7-19/h3-9,14,20H,10-13,15-17H2,1-2H3. The molecule has 2 aliphatic heterocycles. The molecule has 2 aromatic carbocycles. The average Bonchev–Trinajstić information content (AvgIpc) is 3.16. The molecule has 2 aliphatic rings. The van der Waals surface area contributed by atoms with Crippen LogP contribution in [0.1, 0.15) is 17.5 Å². The molecular weight excluding hydrogens is 378 g/mol. The third kappa shape index (κ3) is 4.33. The quantitative estimate of drug-likeness (QED) is 0.765. The highest BCUT2D eigenvalue weighted by Gasteiger charge is 2.38. The summed E-state index contributed by atoms with van der Waals surface area (Å²) in [7, 11) is 1.60. The van der Waals surface area contributed by atoms with E-state index in [4.69, 9.17) is 4.74 Å². The van der Waals surface area contributed by atoms with Crippen molar-refractivity contribution in [2.75, 3.05) is 44.7 Å². The molecule has 0 aromatic heterocycles. The van der Waals surface area contributed by atoms with Crippen molar-refractivity contribution < 1.29 is 14.3 Å². The number of ether oxygens (including phenoxy) is 1. The fraction of sp³-hybridized carbons (Fsp3) is 0.417. The molecule has 0 aliphatic carbocycles. The number of anilines is 1. The zero-order chi connectivity index (χ0) is 21.1. The van der Waals surface area contributed by atoms with Gasteiger partial charge in [-0.25, -0.2) is 0 Å². The molecule has 2 saturated heterocycles. The molecule has 2 aromatic rings. The summed E-state index contributed by atoms with van der Waals surface area (Å²) in [5.41, 5.74) is 3.11. The second-order valence-electron chi connectivity index (χ2n) is 8.17. The summed E-state index contributed by atoms with van der Waals surface area (Å²) in [6.45, 7) is 6.45. The van der Waals surface area contributed by atoms with Crippen molar-refractivity contribution in [3.63, 3.8) is 0 Å². The minimum absolute atomic E-state index is 0.0139. The Morgan fingerprint density at radius 2 is 1.80 bits per heavy atom. The molecule has 6 nitrogen and oxygen atoms in total. The van der Waals surface area contributed by atoms with Gasteiger partial charge in [0.05, 0.1) is 18.7 Å². The van der Waals surface area contributed by atoms with Crippen molar-refractivity contribution in [1.82, 2.24) is 9.80 Å². The molecule has 4 rings (SSSR count). The van der Waals surface area contributed by atoms with E-state index < -0.39 is 0 Å². The van der Waals surface area contributed by atoms with E-state index >= 15 is 0 Å². The summed E-state index contributed by atoms with van der Waals surface area (Å²) in [5.74, 6) is 0.455. The van der Waals surface area contributed by atoms with Crippen molar-refractivity contribution in [3.05, 3.63) is 59.7 Å². The van der Waals surface area contributed by atoms with Crippen molar-refractivity contribution in [2.45, 2.75) is 19.9 Å². The van der Waals surface area contributed by atoms with E-state index in [0.29, 0.717) is 25.4 Å². The molecule has 2 fully saturated rings. The monoisotopic (exact) mass is 407 g/mol. The maximum absolute atomic E-state index is 13.1. The molecule has 0 bridgehead atoms. The highest BCUT2D eigenvalue weighted by molar-refractivity contribution is 6.01. The highest BCUT2D eigenvalue weighted by atomic mass is 16.5. The zero-order valence-electron chi connectivity index (χ0n) is 17.7. The van der Waals surface area contributed by atoms with Gasteiger partial charge < -0.3 is 14.5 Å². The minimum atomic E-state index is -0.289. The number of piperazine rings is 1. The van der Waals surface area contributed by atoms with Crippen LogP contribution in [0, 0.1) is 12.8 Å². The first kappa shape index (κ1) is 20.4. The van der Waals surface area contributed by atoms with Crippen LogP contribution in [0.15, 0.2) is 48.5 Å². The maximum Gasteiger partial charge on any atom is 0.228 e. The fourth-order valence-electron chi connectivity index (χ4n) is 4.34. The van der Waals surface area contributed by atoms with Gasteiger partial charge in [-0.15, -0.1) is 0 Å². The normalized spacial score (nSPS) is 19.9. The number of methoxy groups -OCH3 is 1. The van der Waals surface area contributed by atoms with E-state index in [-0.39, 0.29) is 24.2 Å². The van der Waals surface area contributed by atoms with Crippen LogP contribution >= 0.6 is 0 Å². The Morgan fingerprint density at radius 3 is 2.50 bits per heavy atom. The molecular formula is C24H29N3O3. The molecule has 6 heteroatoms. The van der Waals surface area contributed by atoms with Crippen LogP contribution in [0.2, 0.25) is 0 Å². The van der Waals surface area contributed by atoms with E-state index in [1.54, 1.807) is 12.0 Å². The highest BCUT2D eigenvalue weighted by Crippen LogP contribution is 2.34. The summed E-state index contributed by atoms with van der Waals surface area (Å²) in [6, 6.07) is 16.2. The summed E-state index contributed by atoms with van der Waals surface area (Å²) < 4.78 is 5.44. The predicted molar refractivity (Wildman–Crippen MR) is 116 cm³/mol. The van der Waals surface area contributed by atoms with Crippen molar-refractivity contribution in [3.8, 4) is 5.75 Å². The lowest BCUT2D eigenvalue weighted by Crippen LogP contribution is -2.50. The van der Waals surface area contributed by atoms with Crippen LogP contribution in [0.3, 0.4) is 0 Å². The molecule has 2 amide bonds. The van der Waals surface area contributed by atoms with Gasteiger partial charge >= 0.3 is 0 Å². The fourth-order valence-corrected chi connectivity index (χ4v) is 4.34. The summed E-state index contributed by atoms with van der Waals surface area (Å²) in [5, 5.41) is 0. The molecule has 30 heavy (non-hydrogen) atoms. The molecule has 0 N–H and O–H groups in total. The Kier molecular flexibility index (Phi) is 6.04. The van der Waals surface area contributed by atoms with Gasteiger partial charge in [0.25, 0.3) is 0 Å². The van der Waals surface area contributed by atoms with Gasteiger partial charge in [-0.3, -0.25) is 14.5 Å². The first-order valence-electron chi connectivity index (χ1n) is 10.5. The lowest BCUT2D eigenvalue weighted by molar-refractivity contribution is -0.137. The molecule has 0 saturated carbocycles. The average molecular weight is 408 g/mol. The van der Waals surface area contributed by atoms with Gasteiger partial charge in [-0.05, 0) is 30.2 Å². The smallest absolute Gasteiger partial charge is 0.228 e. The van der Waals surface area contributed by atoms with Crippen LogP contribution in [-0.4, -0.2) is 61.4 Å². The third-order valence-corrected chi connectivity index (χ3v) is 6.03. The Labute approximate surface area is 178 Å². The SMILES string of the molecule is COc1ccc(C)cc1N1CC(C(=O)N2CCN(Cc3ccccc3)CC2)CC1=O. The number of carbonyl (C=O) groups excluding carboxylic acids is 2. The second kappa shape index (κ2) is 8.88. The first-order chi connectivity index (χ1) is 14.5. The van der Waals surface area contributed by atoms with Crippen molar-refractivity contribution in [2.24, 2.45) is 5.92 Å². The molecule has 0 spiro atoms. The van der Waals surface area contributed by atoms with Gasteiger partial charge in [-0.1, -0.05) is 36.4 Å². The number of aryl methyl sites for hydroxylation is 1. The van der Waals surface area contributed by atoms with Gasteiger partial charge in [0.15, 0.2) is 0 Å². The lowest BCUT2D eigenvalue weighted by Gasteiger charge is -2.36. The largest absolute Gasteiger partial charge is 0.495 e. The molecule has 1 atom stereocenters. The van der Waals surface area contributed by atoms with E-state index in [1.165, 1.54) is 5.56 Å². The van der Waals surface area contributed by atoms with Crippen LogP contribution in [-0.2, 0) is 16.1 Å². The molecule has 1 unspecified atom stereocenters. The molecule has 158 valence electrons. The molecule has 2 heterocycles. The van der Waals surface area contributed by atoms with Gasteiger partial charge in [0.2, 0.25) is 11.8 Å². The Balaban J connectivity index is 1.36. The number of benzene rings is 2. The predicted octanol–water partition coefficient (Wildman–Crippen LogP) is 2.70. The zero-order valence-corrected chi connectivity index (χ0v) is 17.7. The summed E-state index contributed by atoms with van der Waals surface area (Å²) in [6.07, 6.45) is 0.264. The van der Waals surface area contributed by atoms with Gasteiger partial charge in [0, 0.05) is 45.7 Å². The number of amides is 2. The first-order valence-corrected chi connectivity index (χ1v) is 10.5. The number of hydrogen-bond donors (Lipinski definition) is 0. The number of nitrogens with zero attached hydrogens (tertiary/aromatic N) is 3. The van der Waals surface area contributed by atoms with Crippen LogP contribution < -0.4 is 9.64 Å². The Bertz CT molecular complexity index is 907. The van der Waals surface area contributed by atoms with E-state index in [9.17, 15) is 9.59 Å². The summed E-state index contributed by atoms with van der Waals surface area (Å²) in [4.78, 5) is 31.8. The number of rotatable bonds is 5. The minimum Gasteiger partial charge on any atom is -0.495 e. The van der Waals surface area contributed by atoms with Gasteiger partial charge in [0.1, 0.15) is 5.75 Å². The van der Waals surface area contributed by atoms with Gasteiger partial charge in [-0.2, -0.15) is 0 Å². The molecule has 0 radical (unpaired) electrons. The van der Waals surface area contributed by atoms with E-state index in [0.717, 1.165) is 30.9 Å². The lowest BCUT2D eigenvalue weighted by atomic mass is 10.1. The van der Waals surface area contributed by atoms with Crippen LogP contribution in [0.4, 0.5) is 5.69 Å². The number of hydrogen-bond acceptors (Lipinski definition) is 4. The van der Waals surface area contributed by atoms with Crippen LogP contribution in [0.25, 0.3) is 0 Å². The Hall–Kier alpha value is -2.86. The van der Waals surface area contributed by atoms with E-state index in [2.05, 4.69) is 29.2 Å². The van der Waals surface area contributed by atoms with Crippen LogP contribution in [0.5, 0.6) is 5.75 Å².